The van der Waals surface area contributed by atoms with Crippen molar-refractivity contribution in [3.05, 3.63) is 53.6 Å². The van der Waals surface area contributed by atoms with Crippen molar-refractivity contribution in [3.8, 4) is 5.75 Å². The van der Waals surface area contributed by atoms with Gasteiger partial charge in [-0.25, -0.2) is 0 Å². The standard InChI is InChI=1S/C21H26N2O3.ClH/c1-15-14-17(7-8-20(15)26-18-10-12-25-13-11-18)23-21(24)9-6-16-4-2-3-5-19(16)22;/h2-5,7-8,14,18H,6,9-13,22H2,1H3,(H,23,24);1H. The lowest BCUT2D eigenvalue weighted by atomic mass is 10.1. The Balaban J connectivity index is 0.00000261. The number of carbonyl (C=O) groups excluding carboxylic acids is 1. The highest BCUT2D eigenvalue weighted by molar-refractivity contribution is 5.91. The van der Waals surface area contributed by atoms with E-state index in [4.69, 9.17) is 15.2 Å². The summed E-state index contributed by atoms with van der Waals surface area (Å²) in [6, 6.07) is 13.4. The van der Waals surface area contributed by atoms with Crippen LogP contribution in [0.3, 0.4) is 0 Å². The molecule has 6 heteroatoms. The number of nitrogen functional groups attached to an aromatic ring is 1. The lowest BCUT2D eigenvalue weighted by Gasteiger charge is -2.24. The summed E-state index contributed by atoms with van der Waals surface area (Å²) in [7, 11) is 0. The Bertz CT molecular complexity index is 761. The summed E-state index contributed by atoms with van der Waals surface area (Å²) in [5.41, 5.74) is 9.45. The minimum Gasteiger partial charge on any atom is -0.490 e. The first-order valence-corrected chi connectivity index (χ1v) is 9.10. The van der Waals surface area contributed by atoms with E-state index < -0.39 is 0 Å². The summed E-state index contributed by atoms with van der Waals surface area (Å²) in [5, 5.41) is 2.95. The van der Waals surface area contributed by atoms with E-state index in [1.54, 1.807) is 0 Å². The molecule has 0 radical (unpaired) electrons. The van der Waals surface area contributed by atoms with E-state index in [0.717, 1.165) is 54.3 Å². The number of halogens is 1. The second-order valence-corrected chi connectivity index (χ2v) is 6.66. The van der Waals surface area contributed by atoms with Gasteiger partial charge in [-0.3, -0.25) is 4.79 Å². The summed E-state index contributed by atoms with van der Waals surface area (Å²) in [6.45, 7) is 3.50. The van der Waals surface area contributed by atoms with Gasteiger partial charge in [0.2, 0.25) is 5.91 Å². The van der Waals surface area contributed by atoms with Crippen molar-refractivity contribution in [2.75, 3.05) is 24.3 Å². The van der Waals surface area contributed by atoms with Crippen LogP contribution in [-0.2, 0) is 16.0 Å². The van der Waals surface area contributed by atoms with E-state index in [-0.39, 0.29) is 24.4 Å². The number of benzene rings is 2. The molecule has 0 spiro atoms. The lowest BCUT2D eigenvalue weighted by Crippen LogP contribution is -2.26. The fourth-order valence-corrected chi connectivity index (χ4v) is 3.07. The fourth-order valence-electron chi connectivity index (χ4n) is 3.07. The Labute approximate surface area is 166 Å². The van der Waals surface area contributed by atoms with Gasteiger partial charge in [0.25, 0.3) is 0 Å². The van der Waals surface area contributed by atoms with Crippen LogP contribution in [0.15, 0.2) is 42.5 Å². The maximum absolute atomic E-state index is 12.2. The molecule has 1 fully saturated rings. The van der Waals surface area contributed by atoms with Crippen molar-refractivity contribution >= 4 is 29.7 Å². The molecule has 2 aromatic carbocycles. The second-order valence-electron chi connectivity index (χ2n) is 6.66. The fraction of sp³-hybridized carbons (Fsp3) is 0.381. The monoisotopic (exact) mass is 390 g/mol. The molecule has 0 saturated carbocycles. The summed E-state index contributed by atoms with van der Waals surface area (Å²) in [6.07, 6.45) is 3.07. The average Bonchev–Trinajstić information content (AvgIpc) is 2.64. The van der Waals surface area contributed by atoms with Crippen LogP contribution in [0.5, 0.6) is 5.75 Å². The van der Waals surface area contributed by atoms with Crippen molar-refractivity contribution in [1.82, 2.24) is 0 Å². The van der Waals surface area contributed by atoms with Crippen LogP contribution in [0.4, 0.5) is 11.4 Å². The summed E-state index contributed by atoms with van der Waals surface area (Å²) < 4.78 is 11.4. The van der Waals surface area contributed by atoms with Crippen molar-refractivity contribution in [2.24, 2.45) is 0 Å². The lowest BCUT2D eigenvalue weighted by molar-refractivity contribution is -0.116. The Morgan fingerprint density at radius 3 is 2.67 bits per heavy atom. The highest BCUT2D eigenvalue weighted by Gasteiger charge is 2.16. The van der Waals surface area contributed by atoms with Crippen molar-refractivity contribution < 1.29 is 14.3 Å². The van der Waals surface area contributed by atoms with Gasteiger partial charge in [-0.2, -0.15) is 0 Å². The van der Waals surface area contributed by atoms with Gasteiger partial charge in [-0.15, -0.1) is 12.4 Å². The second kappa shape index (κ2) is 10.2. The molecule has 5 nitrogen and oxygen atoms in total. The van der Waals surface area contributed by atoms with E-state index in [1.807, 2.05) is 49.4 Å². The number of ether oxygens (including phenoxy) is 2. The van der Waals surface area contributed by atoms with Crippen LogP contribution >= 0.6 is 12.4 Å². The van der Waals surface area contributed by atoms with Crippen LogP contribution in [0, 0.1) is 6.92 Å². The number of rotatable bonds is 6. The van der Waals surface area contributed by atoms with Crippen LogP contribution in [0.1, 0.15) is 30.4 Å². The predicted octanol–water partition coefficient (Wildman–Crippen LogP) is 4.13. The molecule has 2 aromatic rings. The Hall–Kier alpha value is -2.24. The van der Waals surface area contributed by atoms with E-state index in [0.29, 0.717) is 12.8 Å². The van der Waals surface area contributed by atoms with Gasteiger partial charge in [-0.05, 0) is 48.7 Å². The zero-order valence-corrected chi connectivity index (χ0v) is 16.4. The van der Waals surface area contributed by atoms with Crippen molar-refractivity contribution in [2.45, 2.75) is 38.7 Å². The Kier molecular flexibility index (Phi) is 7.95. The SMILES string of the molecule is Cc1cc(NC(=O)CCc2ccccc2N)ccc1OC1CCOCC1.Cl. The van der Waals surface area contributed by atoms with Gasteiger partial charge < -0.3 is 20.5 Å². The average molecular weight is 391 g/mol. The maximum Gasteiger partial charge on any atom is 0.224 e. The summed E-state index contributed by atoms with van der Waals surface area (Å²) in [4.78, 5) is 12.2. The Morgan fingerprint density at radius 1 is 1.22 bits per heavy atom. The molecule has 1 amide bonds. The van der Waals surface area contributed by atoms with Gasteiger partial charge in [0.05, 0.1) is 13.2 Å². The molecule has 1 heterocycles. The molecule has 27 heavy (non-hydrogen) atoms. The number of hydrogen-bond acceptors (Lipinski definition) is 4. The smallest absolute Gasteiger partial charge is 0.224 e. The molecule has 0 atom stereocenters. The molecule has 1 saturated heterocycles. The largest absolute Gasteiger partial charge is 0.490 e. The highest BCUT2D eigenvalue weighted by atomic mass is 35.5. The van der Waals surface area contributed by atoms with E-state index in [2.05, 4.69) is 5.32 Å². The first kappa shape index (κ1) is 21.1. The third-order valence-corrected chi connectivity index (χ3v) is 4.60. The number of hydrogen-bond donors (Lipinski definition) is 2. The molecule has 0 aliphatic carbocycles. The maximum atomic E-state index is 12.2. The van der Waals surface area contributed by atoms with E-state index in [1.165, 1.54) is 0 Å². The normalized spacial score (nSPS) is 14.3. The van der Waals surface area contributed by atoms with Crippen LogP contribution < -0.4 is 15.8 Å². The van der Waals surface area contributed by atoms with Crippen LogP contribution in [0.2, 0.25) is 0 Å². The number of carbonyl (C=O) groups is 1. The molecule has 0 aromatic heterocycles. The number of nitrogens with one attached hydrogen (secondary N) is 1. The molecule has 3 rings (SSSR count). The predicted molar refractivity (Wildman–Crippen MR) is 111 cm³/mol. The third-order valence-electron chi connectivity index (χ3n) is 4.60. The minimum atomic E-state index is -0.0225. The number of aryl methyl sites for hydroxylation is 2. The van der Waals surface area contributed by atoms with Gasteiger partial charge in [0, 0.05) is 30.6 Å². The topological polar surface area (TPSA) is 73.6 Å². The summed E-state index contributed by atoms with van der Waals surface area (Å²) in [5.74, 6) is 0.845. The zero-order valence-electron chi connectivity index (χ0n) is 15.6. The quantitative estimate of drug-likeness (QED) is 0.727. The third kappa shape index (κ3) is 6.15. The number of anilines is 2. The molecule has 3 N–H and O–H groups in total. The Morgan fingerprint density at radius 2 is 1.96 bits per heavy atom. The number of para-hydroxylation sites is 1. The molecule has 0 bridgehead atoms. The first-order chi connectivity index (χ1) is 12.6. The van der Waals surface area contributed by atoms with Crippen LogP contribution in [0.25, 0.3) is 0 Å². The van der Waals surface area contributed by atoms with Crippen LogP contribution in [-0.4, -0.2) is 25.2 Å². The van der Waals surface area contributed by atoms with Gasteiger partial charge in [-0.1, -0.05) is 18.2 Å². The molecule has 1 aliphatic heterocycles. The first-order valence-electron chi connectivity index (χ1n) is 9.10. The molecule has 1 aliphatic rings. The van der Waals surface area contributed by atoms with Gasteiger partial charge in [0.15, 0.2) is 0 Å². The zero-order chi connectivity index (χ0) is 18.4. The minimum absolute atomic E-state index is 0. The summed E-state index contributed by atoms with van der Waals surface area (Å²) >= 11 is 0. The molecule has 0 unspecified atom stereocenters. The number of amides is 1. The molecular weight excluding hydrogens is 364 g/mol. The van der Waals surface area contributed by atoms with Gasteiger partial charge in [0.1, 0.15) is 11.9 Å². The van der Waals surface area contributed by atoms with E-state index >= 15 is 0 Å². The van der Waals surface area contributed by atoms with Gasteiger partial charge >= 0.3 is 0 Å². The van der Waals surface area contributed by atoms with Crippen molar-refractivity contribution in [3.63, 3.8) is 0 Å². The highest BCUT2D eigenvalue weighted by Crippen LogP contribution is 2.25. The molecular formula is C21H27ClN2O3. The van der Waals surface area contributed by atoms with E-state index in [9.17, 15) is 4.79 Å². The van der Waals surface area contributed by atoms with Crippen molar-refractivity contribution in [1.29, 1.82) is 0 Å². The molecule has 146 valence electrons. The number of nitrogens with two attached hydrogens (primary N) is 1.